The Hall–Kier alpha value is -1.74. The lowest BCUT2D eigenvalue weighted by Gasteiger charge is -2.05. The Morgan fingerprint density at radius 1 is 1.33 bits per heavy atom. The van der Waals surface area contributed by atoms with Crippen LogP contribution in [-0.4, -0.2) is 10.8 Å². The number of carbonyl (C=O) groups is 1. The molecule has 0 radical (unpaired) electrons. The van der Waals surface area contributed by atoms with Crippen LogP contribution in [0, 0.1) is 12.7 Å². The maximum absolute atomic E-state index is 13.1. The molecule has 2 rings (SSSR count). The predicted molar refractivity (Wildman–Crippen MR) is 68.4 cm³/mol. The molecule has 0 aliphatic heterocycles. The van der Waals surface area contributed by atoms with E-state index in [2.05, 4.69) is 4.98 Å². The molecule has 18 heavy (non-hydrogen) atoms. The number of aryl methyl sites for hydroxylation is 1. The van der Waals surface area contributed by atoms with Gasteiger partial charge in [0, 0.05) is 12.6 Å². The van der Waals surface area contributed by atoms with E-state index in [4.69, 9.17) is 11.6 Å². The molecule has 0 bridgehead atoms. The van der Waals surface area contributed by atoms with E-state index in [1.54, 1.807) is 18.2 Å². The van der Waals surface area contributed by atoms with E-state index in [1.165, 1.54) is 18.3 Å². The summed E-state index contributed by atoms with van der Waals surface area (Å²) in [5, 5.41) is 0.480. The number of rotatable bonds is 3. The van der Waals surface area contributed by atoms with Crippen LogP contribution in [0.4, 0.5) is 4.39 Å². The third-order valence-corrected chi connectivity index (χ3v) is 2.90. The Morgan fingerprint density at radius 3 is 2.78 bits per heavy atom. The quantitative estimate of drug-likeness (QED) is 0.792. The van der Waals surface area contributed by atoms with E-state index in [0.29, 0.717) is 16.3 Å². The summed E-state index contributed by atoms with van der Waals surface area (Å²) in [5.74, 6) is -0.493. The molecule has 1 heterocycles. The van der Waals surface area contributed by atoms with Gasteiger partial charge >= 0.3 is 0 Å². The average molecular weight is 264 g/mol. The zero-order valence-electron chi connectivity index (χ0n) is 9.78. The zero-order valence-corrected chi connectivity index (χ0v) is 10.5. The molecule has 0 unspecified atom stereocenters. The second-order valence-electron chi connectivity index (χ2n) is 4.03. The fourth-order valence-electron chi connectivity index (χ4n) is 1.63. The summed E-state index contributed by atoms with van der Waals surface area (Å²) in [6.07, 6.45) is 1.56. The van der Waals surface area contributed by atoms with Gasteiger partial charge in [-0.3, -0.25) is 9.78 Å². The second kappa shape index (κ2) is 5.27. The fourth-order valence-corrected chi connectivity index (χ4v) is 1.75. The van der Waals surface area contributed by atoms with E-state index in [1.807, 2.05) is 6.92 Å². The minimum atomic E-state index is -0.340. The van der Waals surface area contributed by atoms with Crippen LogP contribution >= 0.6 is 11.6 Å². The summed E-state index contributed by atoms with van der Waals surface area (Å²) in [6, 6.07) is 7.60. The van der Waals surface area contributed by atoms with Crippen LogP contribution in [0.3, 0.4) is 0 Å². The van der Waals surface area contributed by atoms with Crippen LogP contribution in [0.5, 0.6) is 0 Å². The first-order valence-corrected chi connectivity index (χ1v) is 5.84. The van der Waals surface area contributed by atoms with Crippen molar-refractivity contribution in [2.75, 3.05) is 0 Å². The molecule has 0 aliphatic rings. The molecule has 1 aromatic carbocycles. The lowest BCUT2D eigenvalue weighted by atomic mass is 10.0. The van der Waals surface area contributed by atoms with Gasteiger partial charge in [0.15, 0.2) is 5.78 Å². The van der Waals surface area contributed by atoms with Crippen LogP contribution in [0.1, 0.15) is 21.6 Å². The van der Waals surface area contributed by atoms with Gasteiger partial charge in [-0.25, -0.2) is 4.39 Å². The zero-order chi connectivity index (χ0) is 13.1. The first-order chi connectivity index (χ1) is 8.56. The molecular formula is C14H11ClFNO. The van der Waals surface area contributed by atoms with Gasteiger partial charge in [0.05, 0.1) is 5.02 Å². The molecule has 0 N–H and O–H groups in total. The van der Waals surface area contributed by atoms with Crippen LogP contribution in [0.2, 0.25) is 5.02 Å². The molecule has 0 saturated heterocycles. The number of hydrogen-bond donors (Lipinski definition) is 0. The van der Waals surface area contributed by atoms with E-state index in [0.717, 1.165) is 5.56 Å². The predicted octanol–water partition coefficient (Wildman–Crippen LogP) is 3.61. The SMILES string of the molecule is Cc1ccc(F)cc1CC(=O)c1ccc(Cl)cn1. The van der Waals surface area contributed by atoms with Crippen molar-refractivity contribution < 1.29 is 9.18 Å². The summed E-state index contributed by atoms with van der Waals surface area (Å²) in [7, 11) is 0. The van der Waals surface area contributed by atoms with Gasteiger partial charge in [0.25, 0.3) is 0 Å². The summed E-state index contributed by atoms with van der Waals surface area (Å²) >= 11 is 5.70. The van der Waals surface area contributed by atoms with Crippen molar-refractivity contribution in [1.82, 2.24) is 4.98 Å². The van der Waals surface area contributed by atoms with Crippen molar-refractivity contribution >= 4 is 17.4 Å². The van der Waals surface area contributed by atoms with Gasteiger partial charge in [-0.1, -0.05) is 17.7 Å². The number of pyridine rings is 1. The minimum Gasteiger partial charge on any atom is -0.292 e. The van der Waals surface area contributed by atoms with Crippen LogP contribution in [-0.2, 0) is 6.42 Å². The van der Waals surface area contributed by atoms with Crippen LogP contribution in [0.15, 0.2) is 36.5 Å². The van der Waals surface area contributed by atoms with Gasteiger partial charge in [-0.05, 0) is 42.3 Å². The summed E-state index contributed by atoms with van der Waals surface area (Å²) in [5.41, 5.74) is 1.90. The van der Waals surface area contributed by atoms with Crippen molar-refractivity contribution in [3.05, 3.63) is 64.2 Å². The smallest absolute Gasteiger partial charge is 0.185 e. The second-order valence-corrected chi connectivity index (χ2v) is 4.47. The molecule has 0 aliphatic carbocycles. The van der Waals surface area contributed by atoms with Gasteiger partial charge in [0.2, 0.25) is 0 Å². The number of hydrogen-bond acceptors (Lipinski definition) is 2. The minimum absolute atomic E-state index is 0.137. The topological polar surface area (TPSA) is 30.0 Å². The molecule has 0 atom stereocenters. The van der Waals surface area contributed by atoms with E-state index >= 15 is 0 Å². The van der Waals surface area contributed by atoms with Crippen molar-refractivity contribution in [2.45, 2.75) is 13.3 Å². The van der Waals surface area contributed by atoms with Crippen molar-refractivity contribution in [1.29, 1.82) is 0 Å². The maximum atomic E-state index is 13.1. The van der Waals surface area contributed by atoms with Crippen molar-refractivity contribution in [2.24, 2.45) is 0 Å². The first kappa shape index (κ1) is 12.7. The van der Waals surface area contributed by atoms with E-state index in [9.17, 15) is 9.18 Å². The van der Waals surface area contributed by atoms with Gasteiger partial charge in [-0.15, -0.1) is 0 Å². The van der Waals surface area contributed by atoms with E-state index < -0.39 is 0 Å². The molecule has 1 aromatic heterocycles. The Bertz CT molecular complexity index is 581. The molecule has 2 aromatic rings. The molecule has 0 amide bonds. The monoisotopic (exact) mass is 263 g/mol. The lowest BCUT2D eigenvalue weighted by molar-refractivity contribution is 0.0988. The van der Waals surface area contributed by atoms with Crippen LogP contribution < -0.4 is 0 Å². The third-order valence-electron chi connectivity index (χ3n) is 2.68. The van der Waals surface area contributed by atoms with Gasteiger partial charge in [-0.2, -0.15) is 0 Å². The highest BCUT2D eigenvalue weighted by atomic mass is 35.5. The Morgan fingerprint density at radius 2 is 2.11 bits per heavy atom. The molecular weight excluding hydrogens is 253 g/mol. The highest BCUT2D eigenvalue weighted by molar-refractivity contribution is 6.30. The van der Waals surface area contributed by atoms with Gasteiger partial charge in [0.1, 0.15) is 11.5 Å². The van der Waals surface area contributed by atoms with Crippen molar-refractivity contribution in [3.63, 3.8) is 0 Å². The normalized spacial score (nSPS) is 10.4. The fraction of sp³-hybridized carbons (Fsp3) is 0.143. The third kappa shape index (κ3) is 2.93. The van der Waals surface area contributed by atoms with Gasteiger partial charge < -0.3 is 0 Å². The number of nitrogens with zero attached hydrogens (tertiary/aromatic N) is 1. The number of aromatic nitrogens is 1. The highest BCUT2D eigenvalue weighted by Crippen LogP contribution is 2.14. The molecule has 0 saturated carbocycles. The summed E-state index contributed by atoms with van der Waals surface area (Å²) in [4.78, 5) is 15.9. The number of benzene rings is 1. The Balaban J connectivity index is 2.21. The Labute approximate surface area is 109 Å². The van der Waals surface area contributed by atoms with Crippen molar-refractivity contribution in [3.8, 4) is 0 Å². The number of halogens is 2. The molecule has 0 fully saturated rings. The maximum Gasteiger partial charge on any atom is 0.185 e. The standard InChI is InChI=1S/C14H11ClFNO/c1-9-2-4-12(16)6-10(9)7-14(18)13-5-3-11(15)8-17-13/h2-6,8H,7H2,1H3. The van der Waals surface area contributed by atoms with Crippen LogP contribution in [0.25, 0.3) is 0 Å². The van der Waals surface area contributed by atoms with E-state index in [-0.39, 0.29) is 18.0 Å². The lowest BCUT2D eigenvalue weighted by Crippen LogP contribution is -2.07. The number of carbonyl (C=O) groups excluding carboxylic acids is 1. The number of Topliss-reactive ketones (excluding diaryl/α,β-unsaturated/α-hetero) is 1. The molecule has 2 nitrogen and oxygen atoms in total. The molecule has 4 heteroatoms. The average Bonchev–Trinajstić information content (AvgIpc) is 2.34. The highest BCUT2D eigenvalue weighted by Gasteiger charge is 2.10. The molecule has 0 spiro atoms. The largest absolute Gasteiger partial charge is 0.292 e. The summed E-state index contributed by atoms with van der Waals surface area (Å²) < 4.78 is 13.1. The Kier molecular flexibility index (Phi) is 3.72. The summed E-state index contributed by atoms with van der Waals surface area (Å²) in [6.45, 7) is 1.84. The number of ketones is 1. The first-order valence-electron chi connectivity index (χ1n) is 5.46. The molecule has 92 valence electrons.